The second-order valence-corrected chi connectivity index (χ2v) is 4.33. The zero-order valence-electron chi connectivity index (χ0n) is 8.87. The quantitative estimate of drug-likeness (QED) is 0.813. The number of halogens is 1. The van der Waals surface area contributed by atoms with Crippen LogP contribution in [0.5, 0.6) is 0 Å². The van der Waals surface area contributed by atoms with Crippen molar-refractivity contribution in [3.8, 4) is 0 Å². The summed E-state index contributed by atoms with van der Waals surface area (Å²) in [7, 11) is 1.91. The number of alkyl halides is 1. The molecule has 0 aliphatic rings. The summed E-state index contributed by atoms with van der Waals surface area (Å²) in [6, 6.07) is 0.478. The number of nitrogens with zero attached hydrogens (tertiary/aromatic N) is 3. The van der Waals surface area contributed by atoms with Gasteiger partial charge in [0, 0.05) is 18.4 Å². The lowest BCUT2D eigenvalue weighted by atomic mass is 10.1. The fraction of sp³-hybridized carbons (Fsp3) is 0.778. The van der Waals surface area contributed by atoms with E-state index in [1.54, 1.807) is 11.0 Å². The fourth-order valence-electron chi connectivity index (χ4n) is 1.17. The second-order valence-electron chi connectivity index (χ2n) is 3.69. The zero-order chi connectivity index (χ0) is 10.6. The lowest BCUT2D eigenvalue weighted by molar-refractivity contribution is 0.424. The van der Waals surface area contributed by atoms with Crippen LogP contribution in [-0.4, -0.2) is 26.1 Å². The molecule has 14 heavy (non-hydrogen) atoms. The van der Waals surface area contributed by atoms with Gasteiger partial charge in [-0.1, -0.05) is 29.8 Å². The Labute approximate surface area is 93.2 Å². The smallest absolute Gasteiger partial charge is 0.140 e. The maximum Gasteiger partial charge on any atom is 0.140 e. The van der Waals surface area contributed by atoms with Crippen LogP contribution in [0.25, 0.3) is 0 Å². The molecule has 0 saturated heterocycles. The topological polar surface area (TPSA) is 42.7 Å². The Kier molecular flexibility index (Phi) is 4.54. The fourth-order valence-corrected chi connectivity index (χ4v) is 2.15. The minimum Gasteiger partial charge on any atom is -0.306 e. The van der Waals surface area contributed by atoms with E-state index in [9.17, 15) is 0 Å². The van der Waals surface area contributed by atoms with E-state index in [1.165, 1.54) is 0 Å². The Morgan fingerprint density at radius 3 is 2.71 bits per heavy atom. The molecule has 0 amide bonds. The molecule has 1 aromatic heterocycles. The molecule has 1 aromatic rings. The molecule has 1 heterocycles. The van der Waals surface area contributed by atoms with Crippen molar-refractivity contribution >= 4 is 15.9 Å². The van der Waals surface area contributed by atoms with Crippen LogP contribution in [0.4, 0.5) is 0 Å². The van der Waals surface area contributed by atoms with E-state index in [1.807, 2.05) is 7.05 Å². The first kappa shape index (κ1) is 11.7. The average Bonchev–Trinajstić information content (AvgIpc) is 2.52. The SMILES string of the molecule is CC(C)C(CBr)NCc1ncnn1C. The third-order valence-corrected chi connectivity index (χ3v) is 3.00. The van der Waals surface area contributed by atoms with E-state index in [4.69, 9.17) is 0 Å². The monoisotopic (exact) mass is 260 g/mol. The van der Waals surface area contributed by atoms with Crippen LogP contribution in [-0.2, 0) is 13.6 Å². The summed E-state index contributed by atoms with van der Waals surface area (Å²) in [6.45, 7) is 5.18. The first-order valence-corrected chi connectivity index (χ1v) is 5.89. The van der Waals surface area contributed by atoms with Crippen LogP contribution in [0.3, 0.4) is 0 Å². The van der Waals surface area contributed by atoms with Gasteiger partial charge in [-0.3, -0.25) is 4.68 Å². The molecule has 1 rings (SSSR count). The van der Waals surface area contributed by atoms with Gasteiger partial charge < -0.3 is 5.32 Å². The standard InChI is InChI=1S/C9H17BrN4/c1-7(2)8(4-10)11-5-9-12-6-13-14(9)3/h6-8,11H,4-5H2,1-3H3. The Hall–Kier alpha value is -0.420. The highest BCUT2D eigenvalue weighted by Crippen LogP contribution is 2.05. The number of nitrogens with one attached hydrogen (secondary N) is 1. The van der Waals surface area contributed by atoms with Crippen LogP contribution in [0.1, 0.15) is 19.7 Å². The molecule has 0 radical (unpaired) electrons. The molecular weight excluding hydrogens is 244 g/mol. The van der Waals surface area contributed by atoms with Gasteiger partial charge in [0.05, 0.1) is 6.54 Å². The molecule has 0 saturated carbocycles. The Morgan fingerprint density at radius 2 is 2.29 bits per heavy atom. The molecular formula is C9H17BrN4. The molecule has 80 valence electrons. The van der Waals surface area contributed by atoms with Gasteiger partial charge in [-0.2, -0.15) is 5.10 Å². The summed E-state index contributed by atoms with van der Waals surface area (Å²) in [5.74, 6) is 1.58. The molecule has 0 fully saturated rings. The minimum absolute atomic E-state index is 0.478. The van der Waals surface area contributed by atoms with Gasteiger partial charge in [-0.25, -0.2) is 4.98 Å². The van der Waals surface area contributed by atoms with Crippen molar-refractivity contribution in [2.24, 2.45) is 13.0 Å². The van der Waals surface area contributed by atoms with Crippen molar-refractivity contribution in [3.63, 3.8) is 0 Å². The number of rotatable bonds is 5. The van der Waals surface area contributed by atoms with Gasteiger partial charge in [0.15, 0.2) is 0 Å². The van der Waals surface area contributed by atoms with Gasteiger partial charge in [0.25, 0.3) is 0 Å². The summed E-state index contributed by atoms with van der Waals surface area (Å²) < 4.78 is 1.79. The third kappa shape index (κ3) is 3.06. The molecule has 0 aliphatic heterocycles. The van der Waals surface area contributed by atoms with Crippen molar-refractivity contribution in [1.29, 1.82) is 0 Å². The van der Waals surface area contributed by atoms with Gasteiger partial charge in [-0.05, 0) is 5.92 Å². The molecule has 0 aromatic carbocycles. The number of aromatic nitrogens is 3. The van der Waals surface area contributed by atoms with Crippen molar-refractivity contribution in [1.82, 2.24) is 20.1 Å². The van der Waals surface area contributed by atoms with E-state index in [-0.39, 0.29) is 0 Å². The Balaban J connectivity index is 2.43. The van der Waals surface area contributed by atoms with Crippen LogP contribution < -0.4 is 5.32 Å². The maximum absolute atomic E-state index is 4.16. The molecule has 4 nitrogen and oxygen atoms in total. The van der Waals surface area contributed by atoms with Gasteiger partial charge in [-0.15, -0.1) is 0 Å². The van der Waals surface area contributed by atoms with Gasteiger partial charge in [0.2, 0.25) is 0 Å². The highest BCUT2D eigenvalue weighted by atomic mass is 79.9. The molecule has 1 atom stereocenters. The van der Waals surface area contributed by atoms with Gasteiger partial charge in [0.1, 0.15) is 12.2 Å². The Morgan fingerprint density at radius 1 is 1.57 bits per heavy atom. The summed E-state index contributed by atoms with van der Waals surface area (Å²) in [6.07, 6.45) is 1.58. The second kappa shape index (κ2) is 5.46. The number of hydrogen-bond donors (Lipinski definition) is 1. The highest BCUT2D eigenvalue weighted by molar-refractivity contribution is 9.09. The minimum atomic E-state index is 0.478. The van der Waals surface area contributed by atoms with Crippen molar-refractivity contribution in [2.75, 3.05) is 5.33 Å². The third-order valence-electron chi connectivity index (χ3n) is 2.30. The lowest BCUT2D eigenvalue weighted by Gasteiger charge is -2.19. The first-order chi connectivity index (χ1) is 6.65. The number of hydrogen-bond acceptors (Lipinski definition) is 3. The zero-order valence-corrected chi connectivity index (χ0v) is 10.5. The Bertz CT molecular complexity index is 272. The van der Waals surface area contributed by atoms with E-state index < -0.39 is 0 Å². The predicted octanol–water partition coefficient (Wildman–Crippen LogP) is 1.32. The van der Waals surface area contributed by atoms with E-state index in [0.717, 1.165) is 17.7 Å². The van der Waals surface area contributed by atoms with E-state index >= 15 is 0 Å². The summed E-state index contributed by atoms with van der Waals surface area (Å²) in [5, 5.41) is 8.42. The van der Waals surface area contributed by atoms with Crippen LogP contribution >= 0.6 is 15.9 Å². The van der Waals surface area contributed by atoms with Crippen LogP contribution in [0.2, 0.25) is 0 Å². The largest absolute Gasteiger partial charge is 0.306 e. The van der Waals surface area contributed by atoms with E-state index in [2.05, 4.69) is 45.2 Å². The van der Waals surface area contributed by atoms with Crippen LogP contribution in [0, 0.1) is 5.92 Å². The number of aryl methyl sites for hydroxylation is 1. The van der Waals surface area contributed by atoms with Crippen molar-refractivity contribution in [2.45, 2.75) is 26.4 Å². The highest BCUT2D eigenvalue weighted by Gasteiger charge is 2.11. The molecule has 0 spiro atoms. The average molecular weight is 261 g/mol. The van der Waals surface area contributed by atoms with Crippen molar-refractivity contribution < 1.29 is 0 Å². The molecule has 1 N–H and O–H groups in total. The van der Waals surface area contributed by atoms with Gasteiger partial charge >= 0.3 is 0 Å². The summed E-state index contributed by atoms with van der Waals surface area (Å²) >= 11 is 3.49. The maximum atomic E-state index is 4.16. The molecule has 0 bridgehead atoms. The molecule has 0 aliphatic carbocycles. The molecule has 5 heteroatoms. The lowest BCUT2D eigenvalue weighted by Crippen LogP contribution is -2.35. The van der Waals surface area contributed by atoms with Crippen LogP contribution in [0.15, 0.2) is 6.33 Å². The van der Waals surface area contributed by atoms with Crippen molar-refractivity contribution in [3.05, 3.63) is 12.2 Å². The van der Waals surface area contributed by atoms with E-state index in [0.29, 0.717) is 12.0 Å². The summed E-state index contributed by atoms with van der Waals surface area (Å²) in [5.41, 5.74) is 0. The molecule has 1 unspecified atom stereocenters. The normalized spacial score (nSPS) is 13.5. The summed E-state index contributed by atoms with van der Waals surface area (Å²) in [4.78, 5) is 4.16. The first-order valence-electron chi connectivity index (χ1n) is 4.77. The predicted molar refractivity (Wildman–Crippen MR) is 60.3 cm³/mol.